The Hall–Kier alpha value is -3.26. The fraction of sp³-hybridized carbons (Fsp3) is 0.423. The predicted molar refractivity (Wildman–Crippen MR) is 131 cm³/mol. The summed E-state index contributed by atoms with van der Waals surface area (Å²) in [6.07, 6.45) is 4.91. The summed E-state index contributed by atoms with van der Waals surface area (Å²) in [5.41, 5.74) is 0.898. The maximum atomic E-state index is 15.6. The van der Waals surface area contributed by atoms with E-state index in [2.05, 4.69) is 47.9 Å². The van der Waals surface area contributed by atoms with Gasteiger partial charge in [0.05, 0.1) is 18.4 Å². The SMILES string of the molecule is COc1ncccc1-c1ccc(O)c(-c2ccc(N(C)N3C(C)(C)CCCC3(C)C)nn2)c1F. The number of pyridine rings is 1. The molecule has 1 fully saturated rings. The third kappa shape index (κ3) is 4.18. The average molecular weight is 466 g/mol. The molecule has 1 saturated heterocycles. The number of benzene rings is 1. The maximum Gasteiger partial charge on any atom is 0.221 e. The van der Waals surface area contributed by atoms with E-state index in [4.69, 9.17) is 4.74 Å². The molecule has 0 amide bonds. The summed E-state index contributed by atoms with van der Waals surface area (Å²) in [6, 6.07) is 9.86. The Labute approximate surface area is 200 Å². The van der Waals surface area contributed by atoms with E-state index in [1.165, 1.54) is 25.7 Å². The first-order valence-electron chi connectivity index (χ1n) is 11.5. The van der Waals surface area contributed by atoms with E-state index in [-0.39, 0.29) is 33.6 Å². The van der Waals surface area contributed by atoms with Gasteiger partial charge in [-0.25, -0.2) is 14.4 Å². The molecule has 3 aromatic rings. The van der Waals surface area contributed by atoms with Crippen LogP contribution in [-0.4, -0.2) is 50.5 Å². The molecule has 0 spiro atoms. The first kappa shape index (κ1) is 23.9. The van der Waals surface area contributed by atoms with Crippen LogP contribution in [0.1, 0.15) is 47.0 Å². The van der Waals surface area contributed by atoms with Crippen molar-refractivity contribution in [2.45, 2.75) is 58.0 Å². The maximum absolute atomic E-state index is 15.6. The van der Waals surface area contributed by atoms with E-state index in [0.29, 0.717) is 17.3 Å². The fourth-order valence-electron chi connectivity index (χ4n) is 5.31. The summed E-state index contributed by atoms with van der Waals surface area (Å²) in [5, 5.41) is 23.6. The van der Waals surface area contributed by atoms with Crippen LogP contribution in [-0.2, 0) is 0 Å². The van der Waals surface area contributed by atoms with Gasteiger partial charge >= 0.3 is 0 Å². The molecule has 1 N–H and O–H groups in total. The zero-order chi connectivity index (χ0) is 24.7. The lowest BCUT2D eigenvalue weighted by Crippen LogP contribution is -2.64. The van der Waals surface area contributed by atoms with Crippen LogP contribution < -0.4 is 9.75 Å². The number of hydrogen-bond acceptors (Lipinski definition) is 7. The zero-order valence-corrected chi connectivity index (χ0v) is 20.6. The standard InChI is InChI=1S/C26H32FN5O2/c1-25(2)14-8-15-26(3,4)32(25)31(5)21-13-11-19(29-30-21)22-20(33)12-10-17(23(22)27)18-9-7-16-28-24(18)34-6/h7,9-13,16,33H,8,14-15H2,1-6H3. The molecule has 180 valence electrons. The first-order chi connectivity index (χ1) is 16.1. The molecule has 0 saturated carbocycles. The molecule has 0 unspecified atom stereocenters. The molecule has 3 heterocycles. The number of halogens is 1. The topological polar surface area (TPSA) is 74.6 Å². The minimum Gasteiger partial charge on any atom is -0.507 e. The van der Waals surface area contributed by atoms with Gasteiger partial charge in [-0.1, -0.05) is 0 Å². The predicted octanol–water partition coefficient (Wildman–Crippen LogP) is 5.45. The third-order valence-electron chi connectivity index (χ3n) is 6.64. The molecule has 2 aromatic heterocycles. The number of aromatic hydroxyl groups is 1. The van der Waals surface area contributed by atoms with E-state index < -0.39 is 5.82 Å². The Balaban J connectivity index is 1.71. The third-order valence-corrected chi connectivity index (χ3v) is 6.64. The molecule has 0 bridgehead atoms. The van der Waals surface area contributed by atoms with Crippen molar-refractivity contribution in [3.63, 3.8) is 0 Å². The van der Waals surface area contributed by atoms with E-state index in [0.717, 1.165) is 12.8 Å². The highest BCUT2D eigenvalue weighted by Crippen LogP contribution is 2.41. The number of hydrazine groups is 1. The Morgan fingerprint density at radius 3 is 2.32 bits per heavy atom. The van der Waals surface area contributed by atoms with Gasteiger partial charge in [0.25, 0.3) is 0 Å². The molecule has 1 aliphatic rings. The number of anilines is 1. The average Bonchev–Trinajstić information content (AvgIpc) is 2.78. The smallest absolute Gasteiger partial charge is 0.221 e. The van der Waals surface area contributed by atoms with E-state index in [1.807, 2.05) is 12.1 Å². The zero-order valence-electron chi connectivity index (χ0n) is 20.6. The van der Waals surface area contributed by atoms with Crippen molar-refractivity contribution in [3.8, 4) is 34.0 Å². The van der Waals surface area contributed by atoms with Gasteiger partial charge in [-0.15, -0.1) is 10.2 Å². The van der Waals surface area contributed by atoms with Gasteiger partial charge in [-0.2, -0.15) is 0 Å². The highest BCUT2D eigenvalue weighted by Gasteiger charge is 2.44. The summed E-state index contributed by atoms with van der Waals surface area (Å²) >= 11 is 0. The Bertz CT molecular complexity index is 1160. The molecule has 1 aromatic carbocycles. The number of aromatic nitrogens is 3. The monoisotopic (exact) mass is 465 g/mol. The van der Waals surface area contributed by atoms with Gasteiger partial charge in [0.1, 0.15) is 11.6 Å². The molecule has 1 aliphatic heterocycles. The summed E-state index contributed by atoms with van der Waals surface area (Å²) in [4.78, 5) is 4.15. The van der Waals surface area contributed by atoms with E-state index >= 15 is 4.39 Å². The number of nitrogens with zero attached hydrogens (tertiary/aromatic N) is 5. The lowest BCUT2D eigenvalue weighted by atomic mass is 9.81. The molecule has 34 heavy (non-hydrogen) atoms. The normalized spacial score (nSPS) is 17.4. The van der Waals surface area contributed by atoms with Crippen molar-refractivity contribution < 1.29 is 14.2 Å². The van der Waals surface area contributed by atoms with E-state index in [9.17, 15) is 5.11 Å². The van der Waals surface area contributed by atoms with Crippen LogP contribution in [0.5, 0.6) is 11.6 Å². The summed E-state index contributed by atoms with van der Waals surface area (Å²) in [6.45, 7) is 8.94. The second-order valence-corrected chi connectivity index (χ2v) is 9.97. The van der Waals surface area contributed by atoms with Crippen LogP contribution in [0.2, 0.25) is 0 Å². The Morgan fingerprint density at radius 1 is 1.00 bits per heavy atom. The second-order valence-electron chi connectivity index (χ2n) is 9.97. The van der Waals surface area contributed by atoms with Gasteiger partial charge in [0.2, 0.25) is 5.88 Å². The lowest BCUT2D eigenvalue weighted by Gasteiger charge is -2.56. The van der Waals surface area contributed by atoms with Gasteiger partial charge < -0.3 is 9.84 Å². The van der Waals surface area contributed by atoms with Crippen LogP contribution in [0.15, 0.2) is 42.6 Å². The molecule has 0 radical (unpaired) electrons. The van der Waals surface area contributed by atoms with Gasteiger partial charge in [0.15, 0.2) is 5.82 Å². The molecule has 8 heteroatoms. The molecule has 0 atom stereocenters. The van der Waals surface area contributed by atoms with Crippen molar-refractivity contribution in [1.29, 1.82) is 0 Å². The number of methoxy groups -OCH3 is 1. The van der Waals surface area contributed by atoms with Crippen LogP contribution in [0.4, 0.5) is 10.2 Å². The highest BCUT2D eigenvalue weighted by molar-refractivity contribution is 5.78. The molecule has 7 nitrogen and oxygen atoms in total. The minimum absolute atomic E-state index is 0.0104. The van der Waals surface area contributed by atoms with Crippen LogP contribution in [0, 0.1) is 5.82 Å². The lowest BCUT2D eigenvalue weighted by molar-refractivity contribution is -0.0332. The van der Waals surface area contributed by atoms with Gasteiger partial charge in [0, 0.05) is 35.4 Å². The quantitative estimate of drug-likeness (QED) is 0.537. The molecule has 0 aliphatic carbocycles. The molecular formula is C26H32FN5O2. The number of rotatable bonds is 5. The minimum atomic E-state index is -0.611. The number of piperidine rings is 1. The van der Waals surface area contributed by atoms with Gasteiger partial charge in [-0.05, 0) is 83.4 Å². The van der Waals surface area contributed by atoms with E-state index in [1.54, 1.807) is 30.5 Å². The van der Waals surface area contributed by atoms with Crippen LogP contribution in [0.25, 0.3) is 22.4 Å². The fourth-order valence-corrected chi connectivity index (χ4v) is 5.31. The van der Waals surface area contributed by atoms with Crippen LogP contribution in [0.3, 0.4) is 0 Å². The Kier molecular flexibility index (Phi) is 6.20. The number of ether oxygens (including phenoxy) is 1. The number of phenolic OH excluding ortho intramolecular Hbond substituents is 1. The van der Waals surface area contributed by atoms with Crippen molar-refractivity contribution in [3.05, 3.63) is 48.4 Å². The first-order valence-corrected chi connectivity index (χ1v) is 11.5. The highest BCUT2D eigenvalue weighted by atomic mass is 19.1. The molecule has 4 rings (SSSR count). The Morgan fingerprint density at radius 2 is 1.71 bits per heavy atom. The summed E-state index contributed by atoms with van der Waals surface area (Å²) in [5.74, 6) is 0.127. The second kappa shape index (κ2) is 8.83. The summed E-state index contributed by atoms with van der Waals surface area (Å²) in [7, 11) is 3.46. The summed E-state index contributed by atoms with van der Waals surface area (Å²) < 4.78 is 20.9. The van der Waals surface area contributed by atoms with Crippen molar-refractivity contribution >= 4 is 5.82 Å². The number of hydrogen-bond donors (Lipinski definition) is 1. The largest absolute Gasteiger partial charge is 0.507 e. The molecular weight excluding hydrogens is 433 g/mol. The van der Waals surface area contributed by atoms with Crippen molar-refractivity contribution in [1.82, 2.24) is 20.2 Å². The van der Waals surface area contributed by atoms with Crippen molar-refractivity contribution in [2.24, 2.45) is 0 Å². The number of phenols is 1. The van der Waals surface area contributed by atoms with Crippen LogP contribution >= 0.6 is 0 Å². The van der Waals surface area contributed by atoms with Gasteiger partial charge in [-0.3, -0.25) is 5.01 Å². The van der Waals surface area contributed by atoms with Crippen molar-refractivity contribution in [2.75, 3.05) is 19.2 Å².